The van der Waals surface area contributed by atoms with Crippen LogP contribution in [0, 0.1) is 0 Å². The van der Waals surface area contributed by atoms with Gasteiger partial charge in [-0.3, -0.25) is 14.7 Å². The van der Waals surface area contributed by atoms with Crippen molar-refractivity contribution in [1.29, 1.82) is 0 Å². The van der Waals surface area contributed by atoms with Gasteiger partial charge < -0.3 is 10.3 Å². The molecule has 2 N–H and O–H groups in total. The minimum absolute atomic E-state index is 0.00280. The van der Waals surface area contributed by atoms with Crippen molar-refractivity contribution < 1.29 is 0 Å². The molecule has 0 spiro atoms. The van der Waals surface area contributed by atoms with Crippen LogP contribution in [0.3, 0.4) is 0 Å². The van der Waals surface area contributed by atoms with E-state index in [2.05, 4.69) is 16.8 Å². The molecule has 5 heteroatoms. The van der Waals surface area contributed by atoms with Gasteiger partial charge in [0.1, 0.15) is 0 Å². The lowest BCUT2D eigenvalue weighted by molar-refractivity contribution is 0.267. The zero-order valence-electron chi connectivity index (χ0n) is 12.4. The van der Waals surface area contributed by atoms with Crippen molar-refractivity contribution in [3.8, 4) is 0 Å². The van der Waals surface area contributed by atoms with Crippen molar-refractivity contribution in [1.82, 2.24) is 14.5 Å². The zero-order valence-corrected chi connectivity index (χ0v) is 12.4. The summed E-state index contributed by atoms with van der Waals surface area (Å²) in [5.74, 6) is 0. The van der Waals surface area contributed by atoms with E-state index >= 15 is 0 Å². The lowest BCUT2D eigenvalue weighted by Gasteiger charge is -2.20. The SMILES string of the molecule is CCN(CCCn1cc(N)ccc1=O)Cc1ccccn1. The summed E-state index contributed by atoms with van der Waals surface area (Å²) in [6, 6.07) is 9.11. The number of pyridine rings is 2. The molecule has 2 heterocycles. The summed E-state index contributed by atoms with van der Waals surface area (Å²) >= 11 is 0. The fourth-order valence-corrected chi connectivity index (χ4v) is 2.26. The van der Waals surface area contributed by atoms with Crippen LogP contribution in [0.25, 0.3) is 0 Å². The molecule has 0 aliphatic carbocycles. The van der Waals surface area contributed by atoms with E-state index in [-0.39, 0.29) is 5.56 Å². The third-order valence-electron chi connectivity index (χ3n) is 3.44. The predicted octanol–water partition coefficient (Wildman–Crippen LogP) is 1.74. The van der Waals surface area contributed by atoms with E-state index in [1.54, 1.807) is 16.8 Å². The Morgan fingerprint density at radius 2 is 2.14 bits per heavy atom. The van der Waals surface area contributed by atoms with Crippen LogP contribution in [0.2, 0.25) is 0 Å². The smallest absolute Gasteiger partial charge is 0.250 e. The third-order valence-corrected chi connectivity index (χ3v) is 3.44. The fraction of sp³-hybridized carbons (Fsp3) is 0.375. The van der Waals surface area contributed by atoms with Gasteiger partial charge in [0.15, 0.2) is 0 Å². The first kappa shape index (κ1) is 15.3. The number of hydrogen-bond acceptors (Lipinski definition) is 4. The lowest BCUT2D eigenvalue weighted by atomic mass is 10.3. The molecule has 0 amide bonds. The topological polar surface area (TPSA) is 64.2 Å². The van der Waals surface area contributed by atoms with Gasteiger partial charge in [-0.15, -0.1) is 0 Å². The normalized spacial score (nSPS) is 11.0. The van der Waals surface area contributed by atoms with E-state index in [1.165, 1.54) is 6.07 Å². The van der Waals surface area contributed by atoms with Crippen molar-refractivity contribution in [3.05, 3.63) is 58.8 Å². The molecule has 0 saturated carbocycles. The molecule has 0 fully saturated rings. The van der Waals surface area contributed by atoms with Crippen LogP contribution in [-0.2, 0) is 13.1 Å². The highest BCUT2D eigenvalue weighted by Crippen LogP contribution is 2.03. The molecular formula is C16H22N4O. The highest BCUT2D eigenvalue weighted by Gasteiger charge is 2.05. The Morgan fingerprint density at radius 3 is 2.86 bits per heavy atom. The van der Waals surface area contributed by atoms with Crippen LogP contribution >= 0.6 is 0 Å². The highest BCUT2D eigenvalue weighted by atomic mass is 16.1. The molecule has 2 rings (SSSR count). The summed E-state index contributed by atoms with van der Waals surface area (Å²) in [7, 11) is 0. The molecule has 2 aromatic heterocycles. The standard InChI is InChI=1S/C16H22N4O/c1-2-19(13-15-6-3-4-9-18-15)10-5-11-20-12-14(17)7-8-16(20)21/h3-4,6-9,12H,2,5,10-11,13,17H2,1H3. The monoisotopic (exact) mass is 286 g/mol. The second-order valence-electron chi connectivity index (χ2n) is 5.04. The van der Waals surface area contributed by atoms with E-state index in [0.29, 0.717) is 12.2 Å². The van der Waals surface area contributed by atoms with Gasteiger partial charge in [0, 0.05) is 43.8 Å². The molecule has 0 bridgehead atoms. The molecule has 0 aromatic carbocycles. The summed E-state index contributed by atoms with van der Waals surface area (Å²) in [4.78, 5) is 18.4. The second-order valence-corrected chi connectivity index (χ2v) is 5.04. The van der Waals surface area contributed by atoms with Crippen LogP contribution in [-0.4, -0.2) is 27.5 Å². The predicted molar refractivity (Wildman–Crippen MR) is 84.9 cm³/mol. The molecule has 0 aliphatic heterocycles. The van der Waals surface area contributed by atoms with Crippen molar-refractivity contribution >= 4 is 5.69 Å². The maximum Gasteiger partial charge on any atom is 0.250 e. The molecule has 21 heavy (non-hydrogen) atoms. The molecule has 112 valence electrons. The Labute approximate surface area is 125 Å². The highest BCUT2D eigenvalue weighted by molar-refractivity contribution is 5.33. The maximum absolute atomic E-state index is 11.7. The summed E-state index contributed by atoms with van der Waals surface area (Å²) in [5, 5.41) is 0. The van der Waals surface area contributed by atoms with Gasteiger partial charge in [0.2, 0.25) is 0 Å². The Hall–Kier alpha value is -2.14. The Morgan fingerprint density at radius 1 is 1.29 bits per heavy atom. The number of aryl methyl sites for hydroxylation is 1. The second kappa shape index (κ2) is 7.59. The number of rotatable bonds is 7. The number of nitrogens with two attached hydrogens (primary N) is 1. The summed E-state index contributed by atoms with van der Waals surface area (Å²) in [6.45, 7) is 5.54. The Bertz CT molecular complexity index is 609. The zero-order chi connectivity index (χ0) is 15.1. The first-order valence-electron chi connectivity index (χ1n) is 7.27. The van der Waals surface area contributed by atoms with E-state index in [9.17, 15) is 4.79 Å². The van der Waals surface area contributed by atoms with E-state index in [0.717, 1.165) is 31.7 Å². The van der Waals surface area contributed by atoms with Crippen molar-refractivity contribution in [2.45, 2.75) is 26.4 Å². The van der Waals surface area contributed by atoms with Crippen molar-refractivity contribution in [2.24, 2.45) is 0 Å². The van der Waals surface area contributed by atoms with Gasteiger partial charge >= 0.3 is 0 Å². The van der Waals surface area contributed by atoms with Crippen LogP contribution in [0.15, 0.2) is 47.5 Å². The first-order valence-corrected chi connectivity index (χ1v) is 7.27. The van der Waals surface area contributed by atoms with Crippen LogP contribution in [0.5, 0.6) is 0 Å². The summed E-state index contributed by atoms with van der Waals surface area (Å²) in [5.41, 5.74) is 7.40. The van der Waals surface area contributed by atoms with Crippen molar-refractivity contribution in [3.63, 3.8) is 0 Å². The van der Waals surface area contributed by atoms with E-state index in [4.69, 9.17) is 5.73 Å². The molecule has 2 aromatic rings. The molecule has 0 saturated heterocycles. The van der Waals surface area contributed by atoms with Crippen LogP contribution < -0.4 is 11.3 Å². The van der Waals surface area contributed by atoms with Gasteiger partial charge in [-0.25, -0.2) is 0 Å². The molecule has 0 unspecified atom stereocenters. The third kappa shape index (κ3) is 4.72. The first-order chi connectivity index (χ1) is 10.2. The number of aromatic nitrogens is 2. The van der Waals surface area contributed by atoms with E-state index < -0.39 is 0 Å². The van der Waals surface area contributed by atoms with Gasteiger partial charge in [-0.1, -0.05) is 13.0 Å². The minimum Gasteiger partial charge on any atom is -0.398 e. The average Bonchev–Trinajstić information content (AvgIpc) is 2.50. The number of hydrogen-bond donors (Lipinski definition) is 1. The fourth-order valence-electron chi connectivity index (χ4n) is 2.26. The summed E-state index contributed by atoms with van der Waals surface area (Å²) < 4.78 is 1.67. The Balaban J connectivity index is 1.86. The molecule has 0 radical (unpaired) electrons. The quantitative estimate of drug-likeness (QED) is 0.842. The summed E-state index contributed by atoms with van der Waals surface area (Å²) in [6.07, 6.45) is 4.43. The Kier molecular flexibility index (Phi) is 5.51. The molecule has 5 nitrogen and oxygen atoms in total. The van der Waals surface area contributed by atoms with Crippen LogP contribution in [0.1, 0.15) is 19.0 Å². The average molecular weight is 286 g/mol. The molecular weight excluding hydrogens is 264 g/mol. The minimum atomic E-state index is -0.00280. The lowest BCUT2D eigenvalue weighted by Crippen LogP contribution is -2.27. The van der Waals surface area contributed by atoms with Crippen LogP contribution in [0.4, 0.5) is 5.69 Å². The maximum atomic E-state index is 11.7. The molecule has 0 atom stereocenters. The number of anilines is 1. The van der Waals surface area contributed by atoms with Gasteiger partial charge in [-0.2, -0.15) is 0 Å². The van der Waals surface area contributed by atoms with Gasteiger partial charge in [0.25, 0.3) is 5.56 Å². The van der Waals surface area contributed by atoms with Gasteiger partial charge in [0.05, 0.1) is 5.69 Å². The molecule has 0 aliphatic rings. The number of nitrogens with zero attached hydrogens (tertiary/aromatic N) is 3. The van der Waals surface area contributed by atoms with Crippen molar-refractivity contribution in [2.75, 3.05) is 18.8 Å². The van der Waals surface area contributed by atoms with E-state index in [1.807, 2.05) is 24.4 Å². The van der Waals surface area contributed by atoms with Gasteiger partial charge in [-0.05, 0) is 31.2 Å². The largest absolute Gasteiger partial charge is 0.398 e. The number of nitrogen functional groups attached to an aromatic ring is 1.